The number of carbonyl (C=O) groups is 1. The van der Waals surface area contributed by atoms with Gasteiger partial charge in [-0.25, -0.2) is 17.2 Å². The van der Waals surface area contributed by atoms with Gasteiger partial charge in [0.05, 0.1) is 4.90 Å². The molecule has 0 unspecified atom stereocenters. The van der Waals surface area contributed by atoms with Crippen molar-refractivity contribution in [1.29, 1.82) is 0 Å². The van der Waals surface area contributed by atoms with Crippen molar-refractivity contribution in [2.24, 2.45) is 0 Å². The first-order valence-corrected chi connectivity index (χ1v) is 10.4. The highest BCUT2D eigenvalue weighted by molar-refractivity contribution is 7.91. The van der Waals surface area contributed by atoms with Crippen LogP contribution in [0.1, 0.15) is 20.5 Å². The fourth-order valence-electron chi connectivity index (χ4n) is 2.60. The predicted molar refractivity (Wildman–Crippen MR) is 99.4 cm³/mol. The SMILES string of the molecule is O=C(NC[C@@H](c1cccs1)S(=O)(=O)c1ccccc1)c1c(F)cccc1F. The fourth-order valence-corrected chi connectivity index (χ4v) is 5.41. The highest BCUT2D eigenvalue weighted by Crippen LogP contribution is 2.31. The number of nitrogens with one attached hydrogen (secondary N) is 1. The first-order chi connectivity index (χ1) is 12.9. The number of benzene rings is 2. The van der Waals surface area contributed by atoms with Gasteiger partial charge in [0.2, 0.25) is 0 Å². The Balaban J connectivity index is 1.89. The Hall–Kier alpha value is -2.58. The molecule has 0 radical (unpaired) electrons. The van der Waals surface area contributed by atoms with Gasteiger partial charge in [-0.15, -0.1) is 11.3 Å². The maximum Gasteiger partial charge on any atom is 0.257 e. The van der Waals surface area contributed by atoms with E-state index >= 15 is 0 Å². The van der Waals surface area contributed by atoms with Crippen LogP contribution in [-0.4, -0.2) is 20.9 Å². The van der Waals surface area contributed by atoms with Gasteiger partial charge in [-0.2, -0.15) is 0 Å². The van der Waals surface area contributed by atoms with Crippen LogP contribution in [0.2, 0.25) is 0 Å². The average Bonchev–Trinajstić information content (AvgIpc) is 3.16. The van der Waals surface area contributed by atoms with Crippen LogP contribution in [-0.2, 0) is 9.84 Å². The van der Waals surface area contributed by atoms with E-state index in [0.29, 0.717) is 4.88 Å². The van der Waals surface area contributed by atoms with Crippen molar-refractivity contribution < 1.29 is 22.0 Å². The average molecular weight is 407 g/mol. The summed E-state index contributed by atoms with van der Waals surface area (Å²) in [5, 5.41) is 3.01. The van der Waals surface area contributed by atoms with Crippen molar-refractivity contribution in [1.82, 2.24) is 5.32 Å². The third kappa shape index (κ3) is 4.06. The summed E-state index contributed by atoms with van der Waals surface area (Å²) < 4.78 is 53.6. The molecule has 0 fully saturated rings. The van der Waals surface area contributed by atoms with Crippen LogP contribution in [0.4, 0.5) is 8.78 Å². The predicted octanol–water partition coefficient (Wildman–Crippen LogP) is 3.97. The number of halogens is 2. The van der Waals surface area contributed by atoms with Crippen molar-refractivity contribution in [3.05, 3.63) is 88.1 Å². The second kappa shape index (κ2) is 7.98. The van der Waals surface area contributed by atoms with Crippen molar-refractivity contribution in [3.63, 3.8) is 0 Å². The van der Waals surface area contributed by atoms with E-state index in [1.165, 1.54) is 23.5 Å². The Labute approximate surface area is 159 Å². The van der Waals surface area contributed by atoms with Gasteiger partial charge < -0.3 is 5.32 Å². The molecule has 3 aromatic rings. The second-order valence-electron chi connectivity index (χ2n) is 5.67. The molecule has 4 nitrogen and oxygen atoms in total. The lowest BCUT2D eigenvalue weighted by atomic mass is 10.2. The Kier molecular flexibility index (Phi) is 5.67. The van der Waals surface area contributed by atoms with E-state index in [4.69, 9.17) is 0 Å². The molecule has 0 bridgehead atoms. The van der Waals surface area contributed by atoms with Crippen LogP contribution in [0, 0.1) is 11.6 Å². The monoisotopic (exact) mass is 407 g/mol. The number of sulfone groups is 1. The highest BCUT2D eigenvalue weighted by atomic mass is 32.2. The molecule has 1 N–H and O–H groups in total. The van der Waals surface area contributed by atoms with Crippen molar-refractivity contribution >= 4 is 27.1 Å². The molecule has 8 heteroatoms. The van der Waals surface area contributed by atoms with Crippen LogP contribution in [0.3, 0.4) is 0 Å². The molecule has 0 aliphatic rings. The van der Waals surface area contributed by atoms with Gasteiger partial charge >= 0.3 is 0 Å². The minimum atomic E-state index is -3.81. The summed E-state index contributed by atoms with van der Waals surface area (Å²) >= 11 is 1.23. The minimum absolute atomic E-state index is 0.106. The number of amides is 1. The maximum atomic E-state index is 13.8. The van der Waals surface area contributed by atoms with Crippen LogP contribution in [0.15, 0.2) is 70.9 Å². The van der Waals surface area contributed by atoms with Gasteiger partial charge in [0.1, 0.15) is 22.4 Å². The standard InChI is InChI=1S/C19H15F2NO3S2/c20-14-8-4-9-15(21)18(14)19(23)22-12-17(16-10-5-11-26-16)27(24,25)13-6-2-1-3-7-13/h1-11,17H,12H2,(H,22,23)/t17-/m0/s1. The molecular formula is C19H15F2NO3S2. The Morgan fingerprint density at radius 3 is 2.22 bits per heavy atom. The van der Waals surface area contributed by atoms with Crippen molar-refractivity contribution in [2.45, 2.75) is 10.1 Å². The summed E-state index contributed by atoms with van der Waals surface area (Å²) in [5.74, 6) is -3.02. The normalized spacial score (nSPS) is 12.5. The molecule has 1 amide bonds. The van der Waals surface area contributed by atoms with Gasteiger partial charge in [0, 0.05) is 11.4 Å². The third-order valence-electron chi connectivity index (χ3n) is 3.94. The largest absolute Gasteiger partial charge is 0.350 e. The number of hydrogen-bond donors (Lipinski definition) is 1. The van der Waals surface area contributed by atoms with Gasteiger partial charge in [-0.1, -0.05) is 30.3 Å². The van der Waals surface area contributed by atoms with Crippen LogP contribution < -0.4 is 5.32 Å². The van der Waals surface area contributed by atoms with E-state index in [2.05, 4.69) is 5.32 Å². The highest BCUT2D eigenvalue weighted by Gasteiger charge is 2.31. The van der Waals surface area contributed by atoms with Gasteiger partial charge in [-0.05, 0) is 35.7 Å². The lowest BCUT2D eigenvalue weighted by Crippen LogP contribution is -2.32. The van der Waals surface area contributed by atoms with E-state index in [1.807, 2.05) is 0 Å². The number of thiophene rings is 1. The Morgan fingerprint density at radius 1 is 0.963 bits per heavy atom. The summed E-state index contributed by atoms with van der Waals surface area (Å²) in [5.41, 5.74) is -0.737. The Bertz CT molecular complexity index is 1020. The van der Waals surface area contributed by atoms with E-state index in [1.54, 1.807) is 35.7 Å². The summed E-state index contributed by atoms with van der Waals surface area (Å²) in [4.78, 5) is 12.9. The topological polar surface area (TPSA) is 63.2 Å². The lowest BCUT2D eigenvalue weighted by Gasteiger charge is -2.17. The molecule has 2 aromatic carbocycles. The van der Waals surface area contributed by atoms with Gasteiger partial charge in [0.25, 0.3) is 5.91 Å². The zero-order valence-corrected chi connectivity index (χ0v) is 15.6. The molecule has 0 aliphatic carbocycles. The van der Waals surface area contributed by atoms with Gasteiger partial charge in [-0.3, -0.25) is 4.79 Å². The van der Waals surface area contributed by atoms with E-state index in [-0.39, 0.29) is 11.4 Å². The molecule has 0 saturated carbocycles. The molecule has 0 spiro atoms. The van der Waals surface area contributed by atoms with Crippen LogP contribution in [0.25, 0.3) is 0 Å². The molecule has 1 heterocycles. The van der Waals surface area contributed by atoms with Crippen molar-refractivity contribution in [2.75, 3.05) is 6.54 Å². The molecule has 3 rings (SSSR count). The maximum absolute atomic E-state index is 13.8. The lowest BCUT2D eigenvalue weighted by molar-refractivity contribution is 0.0945. The minimum Gasteiger partial charge on any atom is -0.350 e. The van der Waals surface area contributed by atoms with Crippen LogP contribution >= 0.6 is 11.3 Å². The molecule has 0 aliphatic heterocycles. The summed E-state index contributed by atoms with van der Waals surface area (Å²) in [6, 6.07) is 14.3. The van der Waals surface area contributed by atoms with E-state index in [9.17, 15) is 22.0 Å². The van der Waals surface area contributed by atoms with Crippen molar-refractivity contribution in [3.8, 4) is 0 Å². The Morgan fingerprint density at radius 2 is 1.63 bits per heavy atom. The molecule has 1 atom stereocenters. The number of carbonyl (C=O) groups excluding carboxylic acids is 1. The summed E-state index contributed by atoms with van der Waals surface area (Å²) in [6.45, 7) is -0.315. The summed E-state index contributed by atoms with van der Waals surface area (Å²) in [7, 11) is -3.81. The molecule has 140 valence electrons. The first kappa shape index (κ1) is 19.2. The molecule has 0 saturated heterocycles. The second-order valence-corrected chi connectivity index (χ2v) is 8.78. The summed E-state index contributed by atoms with van der Waals surface area (Å²) in [6.07, 6.45) is 0. The zero-order chi connectivity index (χ0) is 19.4. The number of rotatable bonds is 6. The molecular weight excluding hydrogens is 392 g/mol. The fraction of sp³-hybridized carbons (Fsp3) is 0.105. The smallest absolute Gasteiger partial charge is 0.257 e. The molecule has 27 heavy (non-hydrogen) atoms. The van der Waals surface area contributed by atoms with Gasteiger partial charge in [0.15, 0.2) is 9.84 Å². The quantitative estimate of drug-likeness (QED) is 0.673. The number of hydrogen-bond acceptors (Lipinski definition) is 4. The third-order valence-corrected chi connectivity index (χ3v) is 7.18. The van der Waals surface area contributed by atoms with E-state index in [0.717, 1.165) is 18.2 Å². The molecule has 1 aromatic heterocycles. The zero-order valence-electron chi connectivity index (χ0n) is 13.9. The van der Waals surface area contributed by atoms with E-state index < -0.39 is 38.2 Å². The first-order valence-electron chi connectivity index (χ1n) is 7.96. The van der Waals surface area contributed by atoms with Crippen LogP contribution in [0.5, 0.6) is 0 Å².